The molecule has 2 aliphatic rings. The number of ether oxygens (including phenoxy) is 3. The van der Waals surface area contributed by atoms with Crippen LogP contribution in [0.5, 0.6) is 11.5 Å². The molecule has 1 aromatic carbocycles. The predicted molar refractivity (Wildman–Crippen MR) is 95.7 cm³/mol. The van der Waals surface area contributed by atoms with E-state index in [1.54, 1.807) is 6.20 Å². The highest BCUT2D eigenvalue weighted by atomic mass is 16.5. The molecule has 0 saturated carbocycles. The van der Waals surface area contributed by atoms with Crippen LogP contribution in [0.2, 0.25) is 0 Å². The Morgan fingerprint density at radius 2 is 2.35 bits per heavy atom. The fraction of sp³-hybridized carbons (Fsp3) is 0.474. The monoisotopic (exact) mass is 357 g/mol. The number of rotatable bonds is 5. The van der Waals surface area contributed by atoms with Crippen LogP contribution in [0, 0.1) is 0 Å². The highest BCUT2D eigenvalue weighted by Crippen LogP contribution is 2.41. The van der Waals surface area contributed by atoms with Crippen molar-refractivity contribution in [3.63, 3.8) is 0 Å². The Labute approximate surface area is 152 Å². The van der Waals surface area contributed by atoms with Gasteiger partial charge in [0, 0.05) is 24.8 Å². The van der Waals surface area contributed by atoms with Gasteiger partial charge < -0.3 is 19.5 Å². The number of anilines is 1. The molecule has 0 bridgehead atoms. The average molecular weight is 357 g/mol. The van der Waals surface area contributed by atoms with Gasteiger partial charge in [0.05, 0.1) is 24.5 Å². The van der Waals surface area contributed by atoms with E-state index >= 15 is 0 Å². The van der Waals surface area contributed by atoms with Crippen LogP contribution in [-0.4, -0.2) is 41.1 Å². The van der Waals surface area contributed by atoms with E-state index < -0.39 is 0 Å². The Kier molecular flexibility index (Phi) is 4.32. The van der Waals surface area contributed by atoms with Gasteiger partial charge in [0.2, 0.25) is 0 Å². The molecular formula is C19H23N3O4. The lowest BCUT2D eigenvalue weighted by Gasteiger charge is -2.18. The van der Waals surface area contributed by atoms with Gasteiger partial charge in [-0.05, 0) is 26.3 Å². The van der Waals surface area contributed by atoms with Crippen LogP contribution in [0.3, 0.4) is 0 Å². The summed E-state index contributed by atoms with van der Waals surface area (Å²) in [6, 6.07) is 6.01. The molecule has 2 aromatic rings. The Morgan fingerprint density at radius 1 is 1.46 bits per heavy atom. The zero-order valence-corrected chi connectivity index (χ0v) is 15.0. The van der Waals surface area contributed by atoms with Crippen LogP contribution in [0.15, 0.2) is 30.6 Å². The standard InChI is InChI=1S/C19H23N3O4/c1-19(2)8-13-4-3-5-16(18(13)26-19)25-12-17(23)21-14-9-20-22(10-14)15-6-7-24-11-15/h3-5,9-10,15H,6-8,11-12H2,1-2H3,(H,21,23). The maximum Gasteiger partial charge on any atom is 0.262 e. The van der Waals surface area contributed by atoms with Gasteiger partial charge in [0.15, 0.2) is 18.1 Å². The Bertz CT molecular complexity index is 809. The minimum atomic E-state index is -0.247. The second-order valence-corrected chi connectivity index (χ2v) is 7.35. The lowest BCUT2D eigenvalue weighted by Crippen LogP contribution is -2.25. The third kappa shape index (κ3) is 3.53. The van der Waals surface area contributed by atoms with Crippen molar-refractivity contribution in [2.45, 2.75) is 38.3 Å². The van der Waals surface area contributed by atoms with E-state index in [-0.39, 0.29) is 24.2 Å². The number of amides is 1. The average Bonchev–Trinajstić information content (AvgIpc) is 3.30. The first-order valence-corrected chi connectivity index (χ1v) is 8.86. The summed E-state index contributed by atoms with van der Waals surface area (Å²) in [5.74, 6) is 1.10. The molecular weight excluding hydrogens is 334 g/mol. The van der Waals surface area contributed by atoms with Crippen LogP contribution >= 0.6 is 0 Å². The quantitative estimate of drug-likeness (QED) is 0.890. The molecule has 7 heteroatoms. The number of para-hydroxylation sites is 1. The highest BCUT2D eigenvalue weighted by molar-refractivity contribution is 5.91. The topological polar surface area (TPSA) is 74.6 Å². The van der Waals surface area contributed by atoms with Crippen LogP contribution in [-0.2, 0) is 16.0 Å². The summed E-state index contributed by atoms with van der Waals surface area (Å²) in [7, 11) is 0. The van der Waals surface area contributed by atoms with Crippen molar-refractivity contribution in [3.05, 3.63) is 36.2 Å². The molecule has 26 heavy (non-hydrogen) atoms. The van der Waals surface area contributed by atoms with E-state index in [2.05, 4.69) is 10.4 Å². The van der Waals surface area contributed by atoms with Gasteiger partial charge in [-0.15, -0.1) is 0 Å². The number of aromatic nitrogens is 2. The Hall–Kier alpha value is -2.54. The fourth-order valence-corrected chi connectivity index (χ4v) is 3.37. The molecule has 1 atom stereocenters. The molecule has 7 nitrogen and oxygen atoms in total. The summed E-state index contributed by atoms with van der Waals surface area (Å²) in [5, 5.41) is 7.10. The summed E-state index contributed by atoms with van der Waals surface area (Å²) in [5.41, 5.74) is 1.51. The first-order chi connectivity index (χ1) is 12.5. The third-order valence-corrected chi connectivity index (χ3v) is 4.58. The molecule has 3 heterocycles. The number of hydrogen-bond donors (Lipinski definition) is 1. The lowest BCUT2D eigenvalue weighted by molar-refractivity contribution is -0.118. The highest BCUT2D eigenvalue weighted by Gasteiger charge is 2.32. The number of nitrogens with one attached hydrogen (secondary N) is 1. The SMILES string of the molecule is CC1(C)Cc2cccc(OCC(=O)Nc3cnn(C4CCOC4)c3)c2O1. The summed E-state index contributed by atoms with van der Waals surface area (Å²) >= 11 is 0. The zero-order valence-electron chi connectivity index (χ0n) is 15.0. The molecule has 2 aliphatic heterocycles. The smallest absolute Gasteiger partial charge is 0.262 e. The van der Waals surface area contributed by atoms with Crippen molar-refractivity contribution in [2.75, 3.05) is 25.1 Å². The summed E-state index contributed by atoms with van der Waals surface area (Å²) in [4.78, 5) is 12.2. The van der Waals surface area contributed by atoms with E-state index in [0.29, 0.717) is 18.0 Å². The number of fused-ring (bicyclic) bond motifs is 1. The largest absolute Gasteiger partial charge is 0.483 e. The molecule has 1 saturated heterocycles. The minimum absolute atomic E-state index is 0.0854. The van der Waals surface area contributed by atoms with Gasteiger partial charge in [-0.2, -0.15) is 5.10 Å². The molecule has 1 fully saturated rings. The first-order valence-electron chi connectivity index (χ1n) is 8.86. The van der Waals surface area contributed by atoms with Crippen LogP contribution in [0.1, 0.15) is 31.9 Å². The van der Waals surface area contributed by atoms with Crippen molar-refractivity contribution >= 4 is 11.6 Å². The Morgan fingerprint density at radius 3 is 3.15 bits per heavy atom. The van der Waals surface area contributed by atoms with Crippen molar-refractivity contribution < 1.29 is 19.0 Å². The first kappa shape index (κ1) is 16.9. The van der Waals surface area contributed by atoms with Crippen molar-refractivity contribution in [2.24, 2.45) is 0 Å². The van der Waals surface area contributed by atoms with Gasteiger partial charge in [0.25, 0.3) is 5.91 Å². The normalized spacial score (nSPS) is 20.5. The van der Waals surface area contributed by atoms with E-state index in [1.807, 2.05) is 42.9 Å². The van der Waals surface area contributed by atoms with E-state index in [4.69, 9.17) is 14.2 Å². The lowest BCUT2D eigenvalue weighted by atomic mass is 10.0. The number of hydrogen-bond acceptors (Lipinski definition) is 5. The van der Waals surface area contributed by atoms with Crippen molar-refractivity contribution in [1.82, 2.24) is 9.78 Å². The zero-order chi connectivity index (χ0) is 18.1. The molecule has 0 aliphatic carbocycles. The maximum atomic E-state index is 12.2. The molecule has 0 radical (unpaired) electrons. The summed E-state index contributed by atoms with van der Waals surface area (Å²) in [6.45, 7) is 5.40. The molecule has 1 unspecified atom stereocenters. The summed E-state index contributed by atoms with van der Waals surface area (Å²) in [6.07, 6.45) is 5.23. The van der Waals surface area contributed by atoms with E-state index in [0.717, 1.165) is 30.8 Å². The molecule has 1 amide bonds. The van der Waals surface area contributed by atoms with Crippen molar-refractivity contribution in [1.29, 1.82) is 0 Å². The minimum Gasteiger partial charge on any atom is -0.483 e. The summed E-state index contributed by atoms with van der Waals surface area (Å²) < 4.78 is 18.9. The van der Waals surface area contributed by atoms with Gasteiger partial charge in [-0.1, -0.05) is 12.1 Å². The number of carbonyl (C=O) groups excluding carboxylic acids is 1. The van der Waals surface area contributed by atoms with E-state index in [1.165, 1.54) is 0 Å². The second kappa shape index (κ2) is 6.64. The van der Waals surface area contributed by atoms with Crippen LogP contribution < -0.4 is 14.8 Å². The third-order valence-electron chi connectivity index (χ3n) is 4.58. The van der Waals surface area contributed by atoms with Crippen LogP contribution in [0.4, 0.5) is 5.69 Å². The number of carbonyl (C=O) groups is 1. The van der Waals surface area contributed by atoms with Gasteiger partial charge in [-0.3, -0.25) is 9.48 Å². The van der Waals surface area contributed by atoms with Gasteiger partial charge >= 0.3 is 0 Å². The number of nitrogens with zero attached hydrogens (tertiary/aromatic N) is 2. The van der Waals surface area contributed by atoms with Crippen LogP contribution in [0.25, 0.3) is 0 Å². The maximum absolute atomic E-state index is 12.2. The van der Waals surface area contributed by atoms with E-state index in [9.17, 15) is 4.79 Å². The predicted octanol–water partition coefficient (Wildman–Crippen LogP) is 2.58. The van der Waals surface area contributed by atoms with Crippen molar-refractivity contribution in [3.8, 4) is 11.5 Å². The molecule has 0 spiro atoms. The van der Waals surface area contributed by atoms with Gasteiger partial charge in [-0.25, -0.2) is 0 Å². The molecule has 138 valence electrons. The Balaban J connectivity index is 1.35. The molecule has 4 rings (SSSR count). The fourth-order valence-electron chi connectivity index (χ4n) is 3.37. The number of benzene rings is 1. The molecule has 1 N–H and O–H groups in total. The molecule has 1 aromatic heterocycles. The van der Waals surface area contributed by atoms with Gasteiger partial charge in [0.1, 0.15) is 5.60 Å². The second-order valence-electron chi connectivity index (χ2n) is 7.35.